The van der Waals surface area contributed by atoms with Gasteiger partial charge >= 0.3 is 0 Å². The van der Waals surface area contributed by atoms with Gasteiger partial charge in [-0.3, -0.25) is 4.90 Å². The van der Waals surface area contributed by atoms with E-state index in [9.17, 15) is 4.39 Å². The summed E-state index contributed by atoms with van der Waals surface area (Å²) >= 11 is 6.02. The average Bonchev–Trinajstić information content (AvgIpc) is 2.53. The molecule has 0 spiro atoms. The zero-order valence-corrected chi connectivity index (χ0v) is 14.3. The van der Waals surface area contributed by atoms with Gasteiger partial charge in [0.1, 0.15) is 17.6 Å². The van der Waals surface area contributed by atoms with Crippen molar-refractivity contribution < 1.29 is 18.6 Å². The average molecular weight is 352 g/mol. The summed E-state index contributed by atoms with van der Waals surface area (Å²) in [5, 5.41) is 0.289. The van der Waals surface area contributed by atoms with Crippen LogP contribution in [-0.2, 0) is 6.54 Å². The molecule has 128 valence electrons. The molecule has 1 aliphatic heterocycles. The van der Waals surface area contributed by atoms with Crippen LogP contribution in [0, 0.1) is 5.82 Å². The third-order valence-electron chi connectivity index (χ3n) is 3.94. The Labute approximate surface area is 145 Å². The number of benzene rings is 2. The van der Waals surface area contributed by atoms with Crippen molar-refractivity contribution in [2.45, 2.75) is 12.6 Å². The summed E-state index contributed by atoms with van der Waals surface area (Å²) in [7, 11) is 3.03. The van der Waals surface area contributed by atoms with Crippen molar-refractivity contribution in [1.82, 2.24) is 4.90 Å². The number of ether oxygens (including phenoxy) is 3. The molecule has 6 heteroatoms. The van der Waals surface area contributed by atoms with Gasteiger partial charge in [-0.15, -0.1) is 0 Å². The number of halogens is 2. The molecule has 0 atom stereocenters. The summed E-state index contributed by atoms with van der Waals surface area (Å²) in [5.41, 5.74) is 0.818. The first kappa shape index (κ1) is 16.9. The molecule has 1 heterocycles. The maximum Gasteiger partial charge on any atom is 0.173 e. The van der Waals surface area contributed by atoms with Gasteiger partial charge in [-0.25, -0.2) is 4.39 Å². The second kappa shape index (κ2) is 7.28. The van der Waals surface area contributed by atoms with E-state index in [2.05, 4.69) is 4.90 Å². The SMILES string of the molecule is COc1cccc(OC2CN(Cc3cc(F)c(OC)c(Cl)c3)C2)c1. The quantitative estimate of drug-likeness (QED) is 0.793. The van der Waals surface area contributed by atoms with Gasteiger partial charge in [0.15, 0.2) is 11.6 Å². The Hall–Kier alpha value is -1.98. The van der Waals surface area contributed by atoms with Crippen LogP contribution in [0.25, 0.3) is 0 Å². The van der Waals surface area contributed by atoms with Crippen molar-refractivity contribution in [3.05, 3.63) is 52.8 Å². The summed E-state index contributed by atoms with van der Waals surface area (Å²) in [6.45, 7) is 2.18. The Bertz CT molecular complexity index is 696. The molecule has 2 aromatic rings. The minimum atomic E-state index is -0.440. The molecule has 0 aromatic heterocycles. The lowest BCUT2D eigenvalue weighted by Gasteiger charge is -2.39. The number of nitrogens with zero attached hydrogens (tertiary/aromatic N) is 1. The van der Waals surface area contributed by atoms with Crippen LogP contribution in [0.1, 0.15) is 5.56 Å². The number of hydrogen-bond acceptors (Lipinski definition) is 4. The monoisotopic (exact) mass is 351 g/mol. The zero-order valence-electron chi connectivity index (χ0n) is 13.6. The summed E-state index contributed by atoms with van der Waals surface area (Å²) < 4.78 is 29.9. The lowest BCUT2D eigenvalue weighted by molar-refractivity contribution is 0.0144. The third-order valence-corrected chi connectivity index (χ3v) is 4.22. The number of hydrogen-bond donors (Lipinski definition) is 0. The lowest BCUT2D eigenvalue weighted by atomic mass is 10.1. The second-order valence-corrected chi connectivity index (χ2v) is 6.11. The van der Waals surface area contributed by atoms with Crippen molar-refractivity contribution >= 4 is 11.6 Å². The molecule has 1 saturated heterocycles. The van der Waals surface area contributed by atoms with E-state index in [1.165, 1.54) is 13.2 Å². The molecule has 0 amide bonds. The standard InChI is InChI=1S/C18H19ClFNO3/c1-22-13-4-3-5-14(8-13)24-15-10-21(11-15)9-12-6-16(19)18(23-2)17(20)7-12/h3-8,15H,9-11H2,1-2H3. The molecule has 1 aliphatic rings. The predicted molar refractivity (Wildman–Crippen MR) is 90.6 cm³/mol. The molecule has 2 aromatic carbocycles. The smallest absolute Gasteiger partial charge is 0.173 e. The molecule has 4 nitrogen and oxygen atoms in total. The van der Waals surface area contributed by atoms with E-state index in [1.54, 1.807) is 13.2 Å². The molecule has 0 N–H and O–H groups in total. The maximum absolute atomic E-state index is 13.9. The molecule has 0 bridgehead atoms. The van der Waals surface area contributed by atoms with Crippen LogP contribution < -0.4 is 14.2 Å². The lowest BCUT2D eigenvalue weighted by Crippen LogP contribution is -2.53. The largest absolute Gasteiger partial charge is 0.497 e. The topological polar surface area (TPSA) is 30.9 Å². The summed E-state index contributed by atoms with van der Waals surface area (Å²) in [6, 6.07) is 10.7. The highest BCUT2D eigenvalue weighted by atomic mass is 35.5. The molecule has 3 rings (SSSR count). The van der Waals surface area contributed by atoms with Crippen molar-refractivity contribution in [3.8, 4) is 17.2 Å². The minimum Gasteiger partial charge on any atom is -0.497 e. The summed E-state index contributed by atoms with van der Waals surface area (Å²) in [6.07, 6.45) is 0.121. The van der Waals surface area contributed by atoms with Crippen LogP contribution in [-0.4, -0.2) is 38.3 Å². The highest BCUT2D eigenvalue weighted by Crippen LogP contribution is 2.30. The molecule has 0 unspecified atom stereocenters. The zero-order chi connectivity index (χ0) is 17.1. The maximum atomic E-state index is 13.9. The van der Waals surface area contributed by atoms with Gasteiger partial charge in [-0.05, 0) is 29.8 Å². The van der Waals surface area contributed by atoms with Crippen molar-refractivity contribution in [2.75, 3.05) is 27.3 Å². The van der Waals surface area contributed by atoms with E-state index in [0.29, 0.717) is 6.54 Å². The Morgan fingerprint density at radius 2 is 1.88 bits per heavy atom. The fourth-order valence-electron chi connectivity index (χ4n) is 2.75. The van der Waals surface area contributed by atoms with Gasteiger partial charge < -0.3 is 14.2 Å². The van der Waals surface area contributed by atoms with E-state index in [4.69, 9.17) is 25.8 Å². The highest BCUT2D eigenvalue weighted by Gasteiger charge is 2.28. The van der Waals surface area contributed by atoms with Crippen LogP contribution >= 0.6 is 11.6 Å². The van der Waals surface area contributed by atoms with E-state index < -0.39 is 5.82 Å². The highest BCUT2D eigenvalue weighted by molar-refractivity contribution is 6.32. The van der Waals surface area contributed by atoms with Gasteiger partial charge in [0, 0.05) is 25.7 Å². The van der Waals surface area contributed by atoms with Crippen molar-refractivity contribution in [3.63, 3.8) is 0 Å². The molecular weight excluding hydrogens is 333 g/mol. The first-order chi connectivity index (χ1) is 11.6. The van der Waals surface area contributed by atoms with Crippen molar-refractivity contribution in [1.29, 1.82) is 0 Å². The Morgan fingerprint density at radius 3 is 2.54 bits per heavy atom. The summed E-state index contributed by atoms with van der Waals surface area (Å²) in [5.74, 6) is 1.21. The van der Waals surface area contributed by atoms with Gasteiger partial charge in [-0.1, -0.05) is 17.7 Å². The first-order valence-electron chi connectivity index (χ1n) is 7.64. The normalized spacial score (nSPS) is 15.0. The number of rotatable bonds is 6. The van der Waals surface area contributed by atoms with Crippen LogP contribution in [0.2, 0.25) is 5.02 Å². The Balaban J connectivity index is 1.54. The van der Waals surface area contributed by atoms with Crippen LogP contribution in [0.15, 0.2) is 36.4 Å². The second-order valence-electron chi connectivity index (χ2n) is 5.71. The molecular formula is C18H19ClFNO3. The van der Waals surface area contributed by atoms with Crippen LogP contribution in [0.4, 0.5) is 4.39 Å². The third kappa shape index (κ3) is 3.74. The van der Waals surface area contributed by atoms with Gasteiger partial charge in [-0.2, -0.15) is 0 Å². The van der Waals surface area contributed by atoms with Gasteiger partial charge in [0.25, 0.3) is 0 Å². The predicted octanol–water partition coefficient (Wildman–Crippen LogP) is 3.76. The molecule has 0 radical (unpaired) electrons. The Kier molecular flexibility index (Phi) is 5.11. The number of likely N-dealkylation sites (tertiary alicyclic amines) is 1. The van der Waals surface area contributed by atoms with E-state index >= 15 is 0 Å². The fraction of sp³-hybridized carbons (Fsp3) is 0.333. The van der Waals surface area contributed by atoms with Crippen LogP contribution in [0.5, 0.6) is 17.2 Å². The van der Waals surface area contributed by atoms with E-state index in [0.717, 1.165) is 30.2 Å². The fourth-order valence-corrected chi connectivity index (χ4v) is 3.06. The molecule has 24 heavy (non-hydrogen) atoms. The number of methoxy groups -OCH3 is 2. The van der Waals surface area contributed by atoms with E-state index in [-0.39, 0.29) is 16.9 Å². The molecule has 1 fully saturated rings. The van der Waals surface area contributed by atoms with Gasteiger partial charge in [0.2, 0.25) is 0 Å². The van der Waals surface area contributed by atoms with Crippen LogP contribution in [0.3, 0.4) is 0 Å². The van der Waals surface area contributed by atoms with Gasteiger partial charge in [0.05, 0.1) is 19.2 Å². The first-order valence-corrected chi connectivity index (χ1v) is 8.02. The molecule has 0 aliphatic carbocycles. The Morgan fingerprint density at radius 1 is 1.12 bits per heavy atom. The van der Waals surface area contributed by atoms with E-state index in [1.807, 2.05) is 24.3 Å². The minimum absolute atomic E-state index is 0.0864. The summed E-state index contributed by atoms with van der Waals surface area (Å²) in [4.78, 5) is 2.17. The van der Waals surface area contributed by atoms with Crippen molar-refractivity contribution in [2.24, 2.45) is 0 Å². The molecule has 0 saturated carbocycles.